The van der Waals surface area contributed by atoms with Crippen LogP contribution in [0.5, 0.6) is 0 Å². The molecule has 0 amide bonds. The number of nitrogens with one attached hydrogen (secondary N) is 1. The molecule has 134 valence electrons. The molecule has 2 aromatic rings. The summed E-state index contributed by atoms with van der Waals surface area (Å²) >= 11 is 0. The van der Waals surface area contributed by atoms with E-state index in [1.807, 2.05) is 47.3 Å². The third-order valence-electron chi connectivity index (χ3n) is 4.31. The fraction of sp³-hybridized carbons (Fsp3) is 0.474. The predicted octanol–water partition coefficient (Wildman–Crippen LogP) is 2.31. The third kappa shape index (κ3) is 4.82. The van der Waals surface area contributed by atoms with Crippen LogP contribution in [0.1, 0.15) is 19.0 Å². The molecular weight excluding hydrogens is 314 g/mol. The lowest BCUT2D eigenvalue weighted by Gasteiger charge is -2.24. The smallest absolute Gasteiger partial charge is 0.194 e. The number of hydrogen-bond donors (Lipinski definition) is 1. The average molecular weight is 341 g/mol. The summed E-state index contributed by atoms with van der Waals surface area (Å²) in [5.41, 5.74) is 2.01. The second kappa shape index (κ2) is 8.67. The standard InChI is InChI=1S/C19H27N5O/c1-3-20-19(23(2)14-16-10-12-25-15-16)21-13-17-9-11-24(22-17)18-7-5-4-6-8-18/h4-9,11,16H,3,10,12-15H2,1-2H3,(H,20,21). The molecule has 1 aliphatic rings. The Morgan fingerprint density at radius 2 is 2.20 bits per heavy atom. The van der Waals surface area contributed by atoms with Crippen LogP contribution in [-0.2, 0) is 11.3 Å². The lowest BCUT2D eigenvalue weighted by Crippen LogP contribution is -2.41. The zero-order valence-electron chi connectivity index (χ0n) is 15.1. The molecule has 1 aliphatic heterocycles. The molecule has 1 fully saturated rings. The Bertz CT molecular complexity index is 676. The van der Waals surface area contributed by atoms with Crippen molar-refractivity contribution in [3.05, 3.63) is 48.3 Å². The Balaban J connectivity index is 1.63. The molecule has 0 aliphatic carbocycles. The zero-order valence-corrected chi connectivity index (χ0v) is 15.1. The maximum Gasteiger partial charge on any atom is 0.194 e. The number of ether oxygens (including phenoxy) is 1. The fourth-order valence-electron chi connectivity index (χ4n) is 3.00. The minimum atomic E-state index is 0.563. The van der Waals surface area contributed by atoms with Crippen LogP contribution in [0, 0.1) is 5.92 Å². The second-order valence-electron chi connectivity index (χ2n) is 6.37. The molecule has 0 spiro atoms. The van der Waals surface area contributed by atoms with Gasteiger partial charge in [-0.05, 0) is 31.5 Å². The van der Waals surface area contributed by atoms with E-state index in [1.54, 1.807) is 0 Å². The number of aliphatic imine (C=N–C) groups is 1. The Morgan fingerprint density at radius 3 is 2.92 bits per heavy atom. The average Bonchev–Trinajstić information content (AvgIpc) is 3.31. The van der Waals surface area contributed by atoms with Crippen molar-refractivity contribution in [2.75, 3.05) is 33.4 Å². The van der Waals surface area contributed by atoms with E-state index in [1.165, 1.54) is 0 Å². The van der Waals surface area contributed by atoms with Gasteiger partial charge in [0.05, 0.1) is 24.5 Å². The van der Waals surface area contributed by atoms with E-state index < -0.39 is 0 Å². The van der Waals surface area contributed by atoms with Crippen molar-refractivity contribution < 1.29 is 4.74 Å². The van der Waals surface area contributed by atoms with Crippen molar-refractivity contribution in [2.24, 2.45) is 10.9 Å². The quantitative estimate of drug-likeness (QED) is 0.647. The van der Waals surface area contributed by atoms with Gasteiger partial charge in [0.1, 0.15) is 0 Å². The monoisotopic (exact) mass is 341 g/mol. The largest absolute Gasteiger partial charge is 0.381 e. The van der Waals surface area contributed by atoms with Gasteiger partial charge in [0.2, 0.25) is 0 Å². The normalized spacial score (nSPS) is 17.7. The highest BCUT2D eigenvalue weighted by Crippen LogP contribution is 2.13. The maximum atomic E-state index is 5.47. The molecule has 1 atom stereocenters. The first kappa shape index (κ1) is 17.5. The van der Waals surface area contributed by atoms with Crippen LogP contribution in [0.25, 0.3) is 5.69 Å². The second-order valence-corrected chi connectivity index (χ2v) is 6.37. The third-order valence-corrected chi connectivity index (χ3v) is 4.31. The Morgan fingerprint density at radius 1 is 1.36 bits per heavy atom. The van der Waals surface area contributed by atoms with Crippen molar-refractivity contribution in [1.82, 2.24) is 20.0 Å². The summed E-state index contributed by atoms with van der Waals surface area (Å²) in [5.74, 6) is 1.51. The molecule has 1 saturated heterocycles. The predicted molar refractivity (Wildman–Crippen MR) is 99.9 cm³/mol. The van der Waals surface area contributed by atoms with Gasteiger partial charge in [-0.3, -0.25) is 0 Å². The van der Waals surface area contributed by atoms with Gasteiger partial charge in [-0.2, -0.15) is 5.10 Å². The topological polar surface area (TPSA) is 54.7 Å². The van der Waals surface area contributed by atoms with Crippen LogP contribution in [0.2, 0.25) is 0 Å². The summed E-state index contributed by atoms with van der Waals surface area (Å²) in [6.07, 6.45) is 3.11. The number of nitrogens with zero attached hydrogens (tertiary/aromatic N) is 4. The molecule has 1 aromatic carbocycles. The summed E-state index contributed by atoms with van der Waals surface area (Å²) in [7, 11) is 2.09. The molecule has 1 unspecified atom stereocenters. The number of aromatic nitrogens is 2. The van der Waals surface area contributed by atoms with Gasteiger partial charge in [0, 0.05) is 38.9 Å². The van der Waals surface area contributed by atoms with Gasteiger partial charge >= 0.3 is 0 Å². The minimum absolute atomic E-state index is 0.563. The van der Waals surface area contributed by atoms with E-state index in [2.05, 4.69) is 29.3 Å². The first-order valence-corrected chi connectivity index (χ1v) is 8.93. The molecule has 2 heterocycles. The summed E-state index contributed by atoms with van der Waals surface area (Å²) in [6.45, 7) is 6.20. The lowest BCUT2D eigenvalue weighted by atomic mass is 10.1. The molecule has 1 aromatic heterocycles. The lowest BCUT2D eigenvalue weighted by molar-refractivity contribution is 0.181. The van der Waals surface area contributed by atoms with Crippen LogP contribution in [0.15, 0.2) is 47.6 Å². The van der Waals surface area contributed by atoms with Gasteiger partial charge < -0.3 is 15.0 Å². The Labute approximate surface area is 149 Å². The summed E-state index contributed by atoms with van der Waals surface area (Å²) in [4.78, 5) is 6.94. The molecule has 6 heteroatoms. The number of guanidine groups is 1. The van der Waals surface area contributed by atoms with Gasteiger partial charge in [-0.1, -0.05) is 18.2 Å². The first-order chi connectivity index (χ1) is 12.3. The number of benzene rings is 1. The summed E-state index contributed by atoms with van der Waals surface area (Å²) in [6, 6.07) is 12.1. The Kier molecular flexibility index (Phi) is 6.06. The highest BCUT2D eigenvalue weighted by atomic mass is 16.5. The molecule has 3 rings (SSSR count). The van der Waals surface area contributed by atoms with E-state index in [0.717, 1.165) is 50.1 Å². The number of rotatable bonds is 6. The molecular formula is C19H27N5O. The van der Waals surface area contributed by atoms with Crippen LogP contribution >= 0.6 is 0 Å². The van der Waals surface area contributed by atoms with Crippen molar-refractivity contribution in [2.45, 2.75) is 19.9 Å². The van der Waals surface area contributed by atoms with Gasteiger partial charge in [0.25, 0.3) is 0 Å². The number of para-hydroxylation sites is 1. The van der Waals surface area contributed by atoms with E-state index in [9.17, 15) is 0 Å². The van der Waals surface area contributed by atoms with Crippen LogP contribution in [0.3, 0.4) is 0 Å². The molecule has 25 heavy (non-hydrogen) atoms. The maximum absolute atomic E-state index is 5.47. The zero-order chi connectivity index (χ0) is 17.5. The number of hydrogen-bond acceptors (Lipinski definition) is 3. The summed E-state index contributed by atoms with van der Waals surface area (Å²) < 4.78 is 7.36. The SMILES string of the molecule is CCNC(=NCc1ccn(-c2ccccc2)n1)N(C)CC1CCOC1. The highest BCUT2D eigenvalue weighted by Gasteiger charge is 2.19. The van der Waals surface area contributed by atoms with Crippen molar-refractivity contribution >= 4 is 5.96 Å². The van der Waals surface area contributed by atoms with E-state index >= 15 is 0 Å². The van der Waals surface area contributed by atoms with Crippen molar-refractivity contribution in [3.63, 3.8) is 0 Å². The van der Waals surface area contributed by atoms with Gasteiger partial charge in [0.15, 0.2) is 5.96 Å². The molecule has 6 nitrogen and oxygen atoms in total. The van der Waals surface area contributed by atoms with Crippen molar-refractivity contribution in [3.8, 4) is 5.69 Å². The van der Waals surface area contributed by atoms with E-state index in [0.29, 0.717) is 12.5 Å². The first-order valence-electron chi connectivity index (χ1n) is 8.93. The highest BCUT2D eigenvalue weighted by molar-refractivity contribution is 5.79. The molecule has 0 radical (unpaired) electrons. The van der Waals surface area contributed by atoms with Gasteiger partial charge in [-0.15, -0.1) is 0 Å². The molecule has 0 bridgehead atoms. The summed E-state index contributed by atoms with van der Waals surface area (Å²) in [5, 5.41) is 7.98. The van der Waals surface area contributed by atoms with Crippen LogP contribution in [-0.4, -0.2) is 54.0 Å². The van der Waals surface area contributed by atoms with Crippen molar-refractivity contribution in [1.29, 1.82) is 0 Å². The molecule has 1 N–H and O–H groups in total. The molecule has 0 saturated carbocycles. The minimum Gasteiger partial charge on any atom is -0.381 e. The van der Waals surface area contributed by atoms with Crippen LogP contribution < -0.4 is 5.32 Å². The fourth-order valence-corrected chi connectivity index (χ4v) is 3.00. The Hall–Kier alpha value is -2.34. The van der Waals surface area contributed by atoms with Crippen LogP contribution in [0.4, 0.5) is 0 Å². The van der Waals surface area contributed by atoms with E-state index in [4.69, 9.17) is 9.73 Å². The van der Waals surface area contributed by atoms with E-state index in [-0.39, 0.29) is 0 Å². The van der Waals surface area contributed by atoms with Gasteiger partial charge in [-0.25, -0.2) is 9.67 Å².